The summed E-state index contributed by atoms with van der Waals surface area (Å²) in [6, 6.07) is 16.6. The SMILES string of the molecule is N#Cc1ccc(-c2ccc(Cl)s2)nc1SCC(=O)Nc1ccc(Br)cc1. The molecule has 130 valence electrons. The molecule has 0 spiro atoms. The van der Waals surface area contributed by atoms with E-state index in [1.165, 1.54) is 23.1 Å². The summed E-state index contributed by atoms with van der Waals surface area (Å²) < 4.78 is 1.62. The van der Waals surface area contributed by atoms with Gasteiger partial charge in [-0.15, -0.1) is 11.3 Å². The minimum atomic E-state index is -0.160. The number of amides is 1. The molecule has 0 unspecified atom stereocenters. The normalized spacial score (nSPS) is 10.3. The van der Waals surface area contributed by atoms with Crippen LogP contribution in [-0.2, 0) is 4.79 Å². The van der Waals surface area contributed by atoms with Gasteiger partial charge in [-0.2, -0.15) is 5.26 Å². The Kier molecular flexibility index (Phi) is 6.33. The first kappa shape index (κ1) is 18.9. The van der Waals surface area contributed by atoms with Gasteiger partial charge in [0.25, 0.3) is 0 Å². The van der Waals surface area contributed by atoms with E-state index in [4.69, 9.17) is 11.6 Å². The summed E-state index contributed by atoms with van der Waals surface area (Å²) in [5, 5.41) is 12.6. The second-order valence-corrected chi connectivity index (χ2v) is 8.70. The number of thiophene rings is 1. The van der Waals surface area contributed by atoms with Crippen LogP contribution in [0.3, 0.4) is 0 Å². The van der Waals surface area contributed by atoms with Crippen molar-refractivity contribution < 1.29 is 4.79 Å². The molecule has 0 fully saturated rings. The van der Waals surface area contributed by atoms with Gasteiger partial charge in [0, 0.05) is 10.2 Å². The smallest absolute Gasteiger partial charge is 0.234 e. The number of benzene rings is 1. The molecule has 26 heavy (non-hydrogen) atoms. The Morgan fingerprint density at radius 1 is 1.23 bits per heavy atom. The van der Waals surface area contributed by atoms with Gasteiger partial charge in [0.1, 0.15) is 11.1 Å². The fourth-order valence-electron chi connectivity index (χ4n) is 2.09. The zero-order chi connectivity index (χ0) is 18.5. The summed E-state index contributed by atoms with van der Waals surface area (Å²) in [7, 11) is 0. The van der Waals surface area contributed by atoms with Gasteiger partial charge in [-0.1, -0.05) is 39.3 Å². The number of thioether (sulfide) groups is 1. The largest absolute Gasteiger partial charge is 0.325 e. The third-order valence-corrected chi connectivity index (χ3v) is 6.05. The highest BCUT2D eigenvalue weighted by Crippen LogP contribution is 2.32. The molecule has 0 saturated carbocycles. The van der Waals surface area contributed by atoms with Crippen LogP contribution in [0.5, 0.6) is 0 Å². The Morgan fingerprint density at radius 3 is 2.65 bits per heavy atom. The lowest BCUT2D eigenvalue weighted by Crippen LogP contribution is -2.14. The number of carbonyl (C=O) groups is 1. The van der Waals surface area contributed by atoms with Crippen LogP contribution < -0.4 is 5.32 Å². The molecule has 3 rings (SSSR count). The molecule has 0 atom stereocenters. The third-order valence-electron chi connectivity index (χ3n) is 3.27. The van der Waals surface area contributed by atoms with Crippen LogP contribution in [0.2, 0.25) is 4.34 Å². The standard InChI is InChI=1S/C18H11BrClN3OS2/c19-12-2-4-13(5-3-12)22-17(24)10-25-18-11(9-21)1-6-14(23-18)15-7-8-16(20)26-15/h1-8H,10H2,(H,22,24). The number of rotatable bonds is 5. The molecule has 0 aliphatic heterocycles. The van der Waals surface area contributed by atoms with Gasteiger partial charge in [0.15, 0.2) is 0 Å². The van der Waals surface area contributed by atoms with Crippen molar-refractivity contribution >= 4 is 62.2 Å². The number of hydrogen-bond acceptors (Lipinski definition) is 5. The Balaban J connectivity index is 1.71. The van der Waals surface area contributed by atoms with E-state index >= 15 is 0 Å². The van der Waals surface area contributed by atoms with Crippen molar-refractivity contribution in [2.45, 2.75) is 5.03 Å². The highest BCUT2D eigenvalue weighted by atomic mass is 79.9. The molecule has 2 aromatic heterocycles. The first-order chi connectivity index (χ1) is 12.5. The molecule has 1 N–H and O–H groups in total. The fourth-order valence-corrected chi connectivity index (χ4v) is 4.14. The van der Waals surface area contributed by atoms with Crippen LogP contribution in [0.15, 0.2) is 58.0 Å². The predicted molar refractivity (Wildman–Crippen MR) is 111 cm³/mol. The molecular formula is C18H11BrClN3OS2. The predicted octanol–water partition coefficient (Wildman–Crippen LogP) is 5.83. The number of hydrogen-bond donors (Lipinski definition) is 1. The number of nitrogens with one attached hydrogen (secondary N) is 1. The first-order valence-electron chi connectivity index (χ1n) is 7.40. The lowest BCUT2D eigenvalue weighted by Gasteiger charge is -2.07. The summed E-state index contributed by atoms with van der Waals surface area (Å²) in [6.07, 6.45) is 0. The highest BCUT2D eigenvalue weighted by molar-refractivity contribution is 9.10. The molecule has 2 heterocycles. The van der Waals surface area contributed by atoms with Crippen molar-refractivity contribution in [2.24, 2.45) is 0 Å². The quantitative estimate of drug-likeness (QED) is 0.483. The second-order valence-electron chi connectivity index (χ2n) is 5.11. The highest BCUT2D eigenvalue weighted by Gasteiger charge is 2.12. The topological polar surface area (TPSA) is 65.8 Å². The van der Waals surface area contributed by atoms with Gasteiger partial charge in [-0.3, -0.25) is 4.79 Å². The van der Waals surface area contributed by atoms with Crippen LogP contribution in [0.25, 0.3) is 10.6 Å². The van der Waals surface area contributed by atoms with Crippen LogP contribution >= 0.6 is 50.6 Å². The Morgan fingerprint density at radius 2 is 2.00 bits per heavy atom. The van der Waals surface area contributed by atoms with Gasteiger partial charge in [0.2, 0.25) is 5.91 Å². The van der Waals surface area contributed by atoms with Gasteiger partial charge in [0.05, 0.1) is 26.2 Å². The molecule has 4 nitrogen and oxygen atoms in total. The van der Waals surface area contributed by atoms with Crippen molar-refractivity contribution in [3.05, 3.63) is 62.9 Å². The van der Waals surface area contributed by atoms with Crippen molar-refractivity contribution in [3.8, 4) is 16.6 Å². The average molecular weight is 465 g/mol. The summed E-state index contributed by atoms with van der Waals surface area (Å²) in [5.41, 5.74) is 1.89. The maximum atomic E-state index is 12.2. The fraction of sp³-hybridized carbons (Fsp3) is 0.0556. The molecule has 0 bridgehead atoms. The number of halogens is 2. The van der Waals surface area contributed by atoms with Crippen LogP contribution in [0.1, 0.15) is 5.56 Å². The molecule has 3 aromatic rings. The van der Waals surface area contributed by atoms with E-state index in [2.05, 4.69) is 32.3 Å². The Bertz CT molecular complexity index is 983. The summed E-state index contributed by atoms with van der Waals surface area (Å²) >= 11 is 12.0. The number of carbonyl (C=O) groups excluding carboxylic acids is 1. The lowest BCUT2D eigenvalue weighted by atomic mass is 10.2. The monoisotopic (exact) mass is 463 g/mol. The number of pyridine rings is 1. The maximum absolute atomic E-state index is 12.2. The van der Waals surface area contributed by atoms with E-state index in [9.17, 15) is 10.1 Å². The van der Waals surface area contributed by atoms with E-state index < -0.39 is 0 Å². The molecule has 0 aliphatic carbocycles. The van der Waals surface area contributed by atoms with E-state index in [0.717, 1.165) is 15.0 Å². The molecule has 0 saturated heterocycles. The van der Waals surface area contributed by atoms with Crippen molar-refractivity contribution in [1.82, 2.24) is 4.98 Å². The Hall–Kier alpha value is -1.85. The first-order valence-corrected chi connectivity index (χ1v) is 10.4. The van der Waals surface area contributed by atoms with Gasteiger partial charge in [-0.05, 0) is 48.5 Å². The third kappa shape index (κ3) is 4.86. The molecular weight excluding hydrogens is 454 g/mol. The van der Waals surface area contributed by atoms with Crippen molar-refractivity contribution in [1.29, 1.82) is 5.26 Å². The number of nitriles is 1. The Labute approximate surface area is 172 Å². The number of nitrogens with zero attached hydrogens (tertiary/aromatic N) is 2. The lowest BCUT2D eigenvalue weighted by molar-refractivity contribution is -0.113. The maximum Gasteiger partial charge on any atom is 0.234 e. The molecule has 1 aromatic carbocycles. The van der Waals surface area contributed by atoms with Crippen LogP contribution in [0.4, 0.5) is 5.69 Å². The van der Waals surface area contributed by atoms with Crippen LogP contribution in [0, 0.1) is 11.3 Å². The van der Waals surface area contributed by atoms with Crippen LogP contribution in [-0.4, -0.2) is 16.6 Å². The zero-order valence-corrected chi connectivity index (χ0v) is 17.2. The summed E-state index contributed by atoms with van der Waals surface area (Å²) in [5.74, 6) is -0.000524. The number of anilines is 1. The zero-order valence-electron chi connectivity index (χ0n) is 13.2. The van der Waals surface area contributed by atoms with E-state index in [0.29, 0.717) is 20.6 Å². The molecule has 8 heteroatoms. The summed E-state index contributed by atoms with van der Waals surface area (Å²) in [6.45, 7) is 0. The minimum Gasteiger partial charge on any atom is -0.325 e. The van der Waals surface area contributed by atoms with Gasteiger partial charge in [-0.25, -0.2) is 4.98 Å². The average Bonchev–Trinajstić information content (AvgIpc) is 3.08. The molecule has 1 amide bonds. The van der Waals surface area contributed by atoms with E-state index in [1.54, 1.807) is 18.2 Å². The van der Waals surface area contributed by atoms with Crippen molar-refractivity contribution in [3.63, 3.8) is 0 Å². The molecule has 0 aliphatic rings. The molecule has 0 radical (unpaired) electrons. The van der Waals surface area contributed by atoms with Gasteiger partial charge < -0.3 is 5.32 Å². The van der Waals surface area contributed by atoms with E-state index in [-0.39, 0.29) is 11.7 Å². The minimum absolute atomic E-state index is 0.159. The second kappa shape index (κ2) is 8.69. The summed E-state index contributed by atoms with van der Waals surface area (Å²) in [4.78, 5) is 17.6. The van der Waals surface area contributed by atoms with Gasteiger partial charge >= 0.3 is 0 Å². The van der Waals surface area contributed by atoms with E-state index in [1.807, 2.05) is 30.3 Å². The number of aromatic nitrogens is 1. The van der Waals surface area contributed by atoms with Crippen molar-refractivity contribution in [2.75, 3.05) is 11.1 Å².